The van der Waals surface area contributed by atoms with Crippen molar-refractivity contribution in [2.45, 2.75) is 18.9 Å². The summed E-state index contributed by atoms with van der Waals surface area (Å²) in [7, 11) is 1.99. The first-order chi connectivity index (χ1) is 13.0. The van der Waals surface area contributed by atoms with Gasteiger partial charge < -0.3 is 9.80 Å². The molecule has 6 heteroatoms. The number of aromatic nitrogens is 1. The Morgan fingerprint density at radius 3 is 2.59 bits per heavy atom. The van der Waals surface area contributed by atoms with E-state index in [0.717, 1.165) is 17.8 Å². The molecule has 140 valence electrons. The zero-order valence-electron chi connectivity index (χ0n) is 15.8. The van der Waals surface area contributed by atoms with E-state index < -0.39 is 0 Å². The van der Waals surface area contributed by atoms with Gasteiger partial charge in [0.15, 0.2) is 0 Å². The van der Waals surface area contributed by atoms with Crippen LogP contribution >= 0.6 is 0 Å². The van der Waals surface area contributed by atoms with Crippen molar-refractivity contribution in [3.05, 3.63) is 59.9 Å². The highest BCUT2D eigenvalue weighted by Crippen LogP contribution is 2.33. The summed E-state index contributed by atoms with van der Waals surface area (Å²) in [5, 5.41) is 0. The largest absolute Gasteiger partial charge is 0.337 e. The first-order valence-electron chi connectivity index (χ1n) is 9.27. The maximum absolute atomic E-state index is 12.9. The molecule has 2 amide bonds. The molecule has 1 spiro atoms. The SMILES string of the molecule is Cc1ccc(C(=O)N2CC[C@@]3(C2)CN(c2ccccc2)C(=O)CN3C)cn1. The molecule has 1 aromatic heterocycles. The Kier molecular flexibility index (Phi) is 4.44. The number of para-hydroxylation sites is 1. The molecule has 1 atom stereocenters. The second-order valence-electron chi connectivity index (χ2n) is 7.56. The Labute approximate surface area is 159 Å². The highest BCUT2D eigenvalue weighted by Gasteiger charge is 2.48. The molecule has 2 aliphatic heterocycles. The molecular formula is C21H24N4O2. The van der Waals surface area contributed by atoms with Crippen molar-refractivity contribution >= 4 is 17.5 Å². The van der Waals surface area contributed by atoms with Gasteiger partial charge in [0.05, 0.1) is 17.6 Å². The number of hydrogen-bond acceptors (Lipinski definition) is 4. The summed E-state index contributed by atoms with van der Waals surface area (Å²) in [6.45, 7) is 4.18. The zero-order valence-corrected chi connectivity index (χ0v) is 15.8. The molecule has 0 aliphatic carbocycles. The van der Waals surface area contributed by atoms with Gasteiger partial charge in [-0.3, -0.25) is 19.5 Å². The van der Waals surface area contributed by atoms with Gasteiger partial charge in [0.25, 0.3) is 5.91 Å². The number of likely N-dealkylation sites (N-methyl/N-ethyl adjacent to an activating group) is 1. The lowest BCUT2D eigenvalue weighted by Gasteiger charge is -2.46. The molecule has 0 bridgehead atoms. The third-order valence-corrected chi connectivity index (χ3v) is 5.78. The van der Waals surface area contributed by atoms with Crippen molar-refractivity contribution in [1.29, 1.82) is 0 Å². The first-order valence-corrected chi connectivity index (χ1v) is 9.27. The fraction of sp³-hybridized carbons (Fsp3) is 0.381. The van der Waals surface area contributed by atoms with Crippen molar-refractivity contribution in [2.75, 3.05) is 38.1 Å². The average molecular weight is 364 g/mol. The van der Waals surface area contributed by atoms with E-state index in [2.05, 4.69) is 9.88 Å². The van der Waals surface area contributed by atoms with Crippen molar-refractivity contribution in [2.24, 2.45) is 0 Å². The monoisotopic (exact) mass is 364 g/mol. The number of benzene rings is 1. The lowest BCUT2D eigenvalue weighted by molar-refractivity contribution is -0.123. The smallest absolute Gasteiger partial charge is 0.255 e. The molecule has 4 rings (SSSR count). The van der Waals surface area contributed by atoms with Crippen molar-refractivity contribution in [3.63, 3.8) is 0 Å². The second kappa shape index (κ2) is 6.78. The predicted octanol–water partition coefficient (Wildman–Crippen LogP) is 1.95. The summed E-state index contributed by atoms with van der Waals surface area (Å²) in [5.74, 6) is 0.109. The summed E-state index contributed by atoms with van der Waals surface area (Å²) >= 11 is 0. The summed E-state index contributed by atoms with van der Waals surface area (Å²) in [5.41, 5.74) is 2.22. The van der Waals surface area contributed by atoms with E-state index >= 15 is 0 Å². The molecule has 0 radical (unpaired) electrons. The molecule has 6 nitrogen and oxygen atoms in total. The highest BCUT2D eigenvalue weighted by atomic mass is 16.2. The molecule has 0 unspecified atom stereocenters. The molecule has 3 heterocycles. The van der Waals surface area contributed by atoms with Crippen LogP contribution in [-0.2, 0) is 4.79 Å². The van der Waals surface area contributed by atoms with Gasteiger partial charge in [-0.15, -0.1) is 0 Å². The average Bonchev–Trinajstić information content (AvgIpc) is 3.11. The number of nitrogens with zero attached hydrogens (tertiary/aromatic N) is 4. The number of likely N-dealkylation sites (tertiary alicyclic amines) is 1. The van der Waals surface area contributed by atoms with Gasteiger partial charge in [-0.1, -0.05) is 18.2 Å². The maximum Gasteiger partial charge on any atom is 0.255 e. The third-order valence-electron chi connectivity index (χ3n) is 5.78. The number of rotatable bonds is 2. The predicted molar refractivity (Wildman–Crippen MR) is 104 cm³/mol. The van der Waals surface area contributed by atoms with E-state index in [1.807, 2.05) is 66.2 Å². The van der Waals surface area contributed by atoms with Gasteiger partial charge in [0, 0.05) is 37.2 Å². The van der Waals surface area contributed by atoms with Crippen LogP contribution < -0.4 is 4.90 Å². The number of amides is 2. The molecule has 2 aromatic rings. The standard InChI is InChI=1S/C21H24N4O2/c1-16-8-9-17(12-22-16)20(27)24-11-10-21(14-24)15-25(19(26)13-23(21)2)18-6-4-3-5-7-18/h3-9,12H,10-11,13-15H2,1-2H3/t21-/m1/s1. The summed E-state index contributed by atoms with van der Waals surface area (Å²) in [6, 6.07) is 13.5. The zero-order chi connectivity index (χ0) is 19.0. The van der Waals surface area contributed by atoms with E-state index in [-0.39, 0.29) is 17.4 Å². The highest BCUT2D eigenvalue weighted by molar-refractivity contribution is 5.96. The van der Waals surface area contributed by atoms with Crippen LogP contribution in [0, 0.1) is 6.92 Å². The minimum absolute atomic E-state index is 0.0101. The van der Waals surface area contributed by atoms with Crippen LogP contribution in [-0.4, -0.2) is 65.4 Å². The van der Waals surface area contributed by atoms with E-state index in [0.29, 0.717) is 31.7 Å². The van der Waals surface area contributed by atoms with Crippen LogP contribution in [0.1, 0.15) is 22.5 Å². The van der Waals surface area contributed by atoms with Crippen LogP contribution in [0.3, 0.4) is 0 Å². The molecule has 0 saturated carbocycles. The molecular weight excluding hydrogens is 340 g/mol. The number of piperazine rings is 1. The van der Waals surface area contributed by atoms with Gasteiger partial charge in [0.2, 0.25) is 5.91 Å². The minimum atomic E-state index is -0.211. The Morgan fingerprint density at radius 1 is 1.11 bits per heavy atom. The maximum atomic E-state index is 12.9. The normalized spacial score (nSPS) is 23.3. The van der Waals surface area contributed by atoms with Crippen LogP contribution in [0.4, 0.5) is 5.69 Å². The fourth-order valence-electron chi connectivity index (χ4n) is 4.05. The Balaban J connectivity index is 1.55. The van der Waals surface area contributed by atoms with E-state index in [1.54, 1.807) is 6.20 Å². The Hall–Kier alpha value is -2.73. The number of carbonyl (C=O) groups excluding carboxylic acids is 2. The van der Waals surface area contributed by atoms with Crippen molar-refractivity contribution in [3.8, 4) is 0 Å². The summed E-state index contributed by atoms with van der Waals surface area (Å²) in [6.07, 6.45) is 2.50. The molecule has 0 N–H and O–H groups in total. The molecule has 27 heavy (non-hydrogen) atoms. The number of carbonyl (C=O) groups is 2. The van der Waals surface area contributed by atoms with E-state index in [4.69, 9.17) is 0 Å². The summed E-state index contributed by atoms with van der Waals surface area (Å²) in [4.78, 5) is 35.6. The van der Waals surface area contributed by atoms with Gasteiger partial charge >= 0.3 is 0 Å². The lowest BCUT2D eigenvalue weighted by Crippen LogP contribution is -2.64. The molecule has 2 saturated heterocycles. The van der Waals surface area contributed by atoms with Gasteiger partial charge in [0.1, 0.15) is 0 Å². The Bertz CT molecular complexity index is 852. The number of hydrogen-bond donors (Lipinski definition) is 0. The Morgan fingerprint density at radius 2 is 1.89 bits per heavy atom. The third kappa shape index (κ3) is 3.21. The summed E-state index contributed by atoms with van der Waals surface area (Å²) < 4.78 is 0. The second-order valence-corrected chi connectivity index (χ2v) is 7.56. The van der Waals surface area contributed by atoms with Gasteiger partial charge in [-0.25, -0.2) is 0 Å². The first kappa shape index (κ1) is 17.7. The van der Waals surface area contributed by atoms with Crippen molar-refractivity contribution in [1.82, 2.24) is 14.8 Å². The quantitative estimate of drug-likeness (QED) is 0.817. The topological polar surface area (TPSA) is 56.8 Å². The van der Waals surface area contributed by atoms with Crippen LogP contribution in [0.2, 0.25) is 0 Å². The van der Waals surface area contributed by atoms with Crippen LogP contribution in [0.5, 0.6) is 0 Å². The number of anilines is 1. The molecule has 2 fully saturated rings. The molecule has 2 aliphatic rings. The van der Waals surface area contributed by atoms with Crippen LogP contribution in [0.15, 0.2) is 48.7 Å². The number of aryl methyl sites for hydroxylation is 1. The van der Waals surface area contributed by atoms with Crippen molar-refractivity contribution < 1.29 is 9.59 Å². The fourth-order valence-corrected chi connectivity index (χ4v) is 4.05. The lowest BCUT2D eigenvalue weighted by atomic mass is 9.92. The van der Waals surface area contributed by atoms with E-state index in [9.17, 15) is 9.59 Å². The van der Waals surface area contributed by atoms with Crippen LogP contribution in [0.25, 0.3) is 0 Å². The van der Waals surface area contributed by atoms with E-state index in [1.165, 1.54) is 0 Å². The van der Waals surface area contributed by atoms with Gasteiger partial charge in [-0.05, 0) is 44.7 Å². The number of pyridine rings is 1. The van der Waals surface area contributed by atoms with Gasteiger partial charge in [-0.2, -0.15) is 0 Å². The molecule has 1 aromatic carbocycles. The minimum Gasteiger partial charge on any atom is -0.337 e.